The Morgan fingerprint density at radius 2 is 2.11 bits per heavy atom. The van der Waals surface area contributed by atoms with E-state index in [0.29, 0.717) is 16.1 Å². The number of rotatable bonds is 1. The summed E-state index contributed by atoms with van der Waals surface area (Å²) >= 11 is 5.79. The molecular weight excluding hydrogens is 262 g/mol. The van der Waals surface area contributed by atoms with Gasteiger partial charge in [0.1, 0.15) is 5.69 Å². The number of carbonyl (C=O) groups excluding carboxylic acids is 1. The average molecular weight is 280 g/mol. The van der Waals surface area contributed by atoms with E-state index in [1.54, 1.807) is 12.1 Å². The maximum Gasteiger partial charge on any atom is 0.272 e. The van der Waals surface area contributed by atoms with Crippen LogP contribution in [-0.2, 0) is 0 Å². The van der Waals surface area contributed by atoms with E-state index in [4.69, 9.17) is 11.6 Å². The van der Waals surface area contributed by atoms with Crippen molar-refractivity contribution in [2.45, 2.75) is 19.3 Å². The van der Waals surface area contributed by atoms with E-state index in [0.717, 1.165) is 39.0 Å². The van der Waals surface area contributed by atoms with Gasteiger partial charge in [0.15, 0.2) is 0 Å². The zero-order chi connectivity index (χ0) is 13.3. The highest BCUT2D eigenvalue weighted by Crippen LogP contribution is 2.37. The van der Waals surface area contributed by atoms with Crippen LogP contribution in [0.2, 0.25) is 5.02 Å². The Morgan fingerprint density at radius 3 is 2.68 bits per heavy atom. The Kier molecular flexibility index (Phi) is 3.46. The fourth-order valence-electron chi connectivity index (χ4n) is 3.07. The van der Waals surface area contributed by atoms with Gasteiger partial charge in [-0.15, -0.1) is 0 Å². The molecule has 1 amide bonds. The molecular formula is C14H18ClN3O. The monoisotopic (exact) mass is 279 g/mol. The predicted molar refractivity (Wildman–Crippen MR) is 74.3 cm³/mol. The van der Waals surface area contributed by atoms with Crippen LogP contribution in [0, 0.1) is 5.41 Å². The normalized spacial score (nSPS) is 21.8. The fraction of sp³-hybridized carbons (Fsp3) is 0.571. The number of nitrogens with zero attached hydrogens (tertiary/aromatic N) is 2. The molecule has 5 heteroatoms. The Hall–Kier alpha value is -1.13. The highest BCUT2D eigenvalue weighted by molar-refractivity contribution is 6.30. The van der Waals surface area contributed by atoms with Gasteiger partial charge < -0.3 is 10.2 Å². The molecule has 1 N–H and O–H groups in total. The second kappa shape index (κ2) is 5.10. The van der Waals surface area contributed by atoms with Gasteiger partial charge in [-0.1, -0.05) is 11.6 Å². The second-order valence-electron chi connectivity index (χ2n) is 5.58. The topological polar surface area (TPSA) is 45.2 Å². The molecule has 0 aliphatic carbocycles. The minimum atomic E-state index is 0.0254. The van der Waals surface area contributed by atoms with Crippen molar-refractivity contribution in [2.75, 3.05) is 26.2 Å². The molecule has 3 heterocycles. The van der Waals surface area contributed by atoms with Crippen LogP contribution in [0.5, 0.6) is 0 Å². The molecule has 3 rings (SSSR count). The van der Waals surface area contributed by atoms with E-state index in [2.05, 4.69) is 10.3 Å². The van der Waals surface area contributed by atoms with Crippen LogP contribution in [0.25, 0.3) is 0 Å². The summed E-state index contributed by atoms with van der Waals surface area (Å²) in [5.74, 6) is 0.0254. The molecule has 0 radical (unpaired) electrons. The van der Waals surface area contributed by atoms with Crippen molar-refractivity contribution in [1.29, 1.82) is 0 Å². The van der Waals surface area contributed by atoms with E-state index in [1.807, 2.05) is 4.90 Å². The molecule has 0 atom stereocenters. The Morgan fingerprint density at radius 1 is 1.32 bits per heavy atom. The number of nitrogens with one attached hydrogen (secondary N) is 1. The van der Waals surface area contributed by atoms with Crippen molar-refractivity contribution in [2.24, 2.45) is 5.41 Å². The van der Waals surface area contributed by atoms with Crippen molar-refractivity contribution in [3.8, 4) is 0 Å². The molecule has 19 heavy (non-hydrogen) atoms. The summed E-state index contributed by atoms with van der Waals surface area (Å²) in [6.07, 6.45) is 4.97. The molecule has 4 nitrogen and oxygen atoms in total. The molecule has 1 aromatic heterocycles. The van der Waals surface area contributed by atoms with Crippen LogP contribution in [0.4, 0.5) is 0 Å². The quantitative estimate of drug-likeness (QED) is 0.855. The van der Waals surface area contributed by atoms with Crippen molar-refractivity contribution in [3.63, 3.8) is 0 Å². The highest BCUT2D eigenvalue weighted by Gasteiger charge is 2.38. The number of pyridine rings is 1. The first-order chi connectivity index (χ1) is 9.19. The lowest BCUT2D eigenvalue weighted by Gasteiger charge is -2.38. The number of likely N-dealkylation sites (tertiary alicyclic amines) is 1. The fourth-order valence-corrected chi connectivity index (χ4v) is 3.18. The molecule has 0 bridgehead atoms. The molecule has 2 aliphatic rings. The largest absolute Gasteiger partial charge is 0.337 e. The lowest BCUT2D eigenvalue weighted by molar-refractivity contribution is 0.0602. The van der Waals surface area contributed by atoms with Crippen molar-refractivity contribution in [1.82, 2.24) is 15.2 Å². The Balaban J connectivity index is 1.64. The molecule has 102 valence electrons. The molecule has 2 saturated heterocycles. The third-order valence-electron chi connectivity index (χ3n) is 4.39. The van der Waals surface area contributed by atoms with E-state index >= 15 is 0 Å². The van der Waals surface area contributed by atoms with Crippen LogP contribution in [0.3, 0.4) is 0 Å². The first-order valence-corrected chi connectivity index (χ1v) is 7.18. The maximum atomic E-state index is 12.3. The van der Waals surface area contributed by atoms with Gasteiger partial charge in [-0.2, -0.15) is 0 Å². The molecule has 0 saturated carbocycles. The highest BCUT2D eigenvalue weighted by atomic mass is 35.5. The third-order valence-corrected chi connectivity index (χ3v) is 4.61. The van der Waals surface area contributed by atoms with Gasteiger partial charge in [0.2, 0.25) is 0 Å². The standard InChI is InChI=1S/C14H18ClN3O/c15-11-1-2-12(17-9-11)13(19)18-7-4-14(5-8-18)3-6-16-10-14/h1-2,9,16H,3-8,10H2. The van der Waals surface area contributed by atoms with Gasteiger partial charge >= 0.3 is 0 Å². The number of hydrogen-bond acceptors (Lipinski definition) is 3. The molecule has 0 unspecified atom stereocenters. The molecule has 2 aliphatic heterocycles. The predicted octanol–water partition coefficient (Wildman–Crippen LogP) is 1.95. The van der Waals surface area contributed by atoms with Crippen LogP contribution in [-0.4, -0.2) is 42.0 Å². The van der Waals surface area contributed by atoms with Gasteiger partial charge in [-0.05, 0) is 43.4 Å². The number of amides is 1. The number of carbonyl (C=O) groups is 1. The summed E-state index contributed by atoms with van der Waals surface area (Å²) in [6, 6.07) is 3.42. The molecule has 1 aromatic rings. The van der Waals surface area contributed by atoms with Gasteiger partial charge in [0.05, 0.1) is 5.02 Å². The van der Waals surface area contributed by atoms with Crippen LogP contribution in [0.1, 0.15) is 29.8 Å². The molecule has 1 spiro atoms. The van der Waals surface area contributed by atoms with Crippen LogP contribution >= 0.6 is 11.6 Å². The van der Waals surface area contributed by atoms with Crippen molar-refractivity contribution >= 4 is 17.5 Å². The van der Waals surface area contributed by atoms with E-state index in [9.17, 15) is 4.79 Å². The minimum Gasteiger partial charge on any atom is -0.337 e. The lowest BCUT2D eigenvalue weighted by Crippen LogP contribution is -2.44. The number of halogens is 1. The summed E-state index contributed by atoms with van der Waals surface area (Å²) in [4.78, 5) is 18.3. The zero-order valence-electron chi connectivity index (χ0n) is 10.9. The van der Waals surface area contributed by atoms with Crippen LogP contribution < -0.4 is 5.32 Å². The Labute approximate surface area is 118 Å². The first-order valence-electron chi connectivity index (χ1n) is 6.80. The summed E-state index contributed by atoms with van der Waals surface area (Å²) in [6.45, 7) is 3.90. The van der Waals surface area contributed by atoms with Crippen molar-refractivity contribution < 1.29 is 4.79 Å². The lowest BCUT2D eigenvalue weighted by atomic mass is 9.78. The maximum absolute atomic E-state index is 12.3. The summed E-state index contributed by atoms with van der Waals surface area (Å²) < 4.78 is 0. The molecule has 0 aromatic carbocycles. The SMILES string of the molecule is O=C(c1ccc(Cl)cn1)N1CCC2(CCNC2)CC1. The first kappa shape index (κ1) is 12.9. The summed E-state index contributed by atoms with van der Waals surface area (Å²) in [5, 5.41) is 4.00. The smallest absolute Gasteiger partial charge is 0.272 e. The van der Waals surface area contributed by atoms with Crippen LogP contribution in [0.15, 0.2) is 18.3 Å². The van der Waals surface area contributed by atoms with Gasteiger partial charge in [0.25, 0.3) is 5.91 Å². The zero-order valence-corrected chi connectivity index (χ0v) is 11.6. The summed E-state index contributed by atoms with van der Waals surface area (Å²) in [7, 11) is 0. The Bertz CT molecular complexity index is 458. The van der Waals surface area contributed by atoms with E-state index in [-0.39, 0.29) is 5.91 Å². The van der Waals surface area contributed by atoms with Gasteiger partial charge in [-0.3, -0.25) is 4.79 Å². The average Bonchev–Trinajstić information content (AvgIpc) is 2.88. The minimum absolute atomic E-state index is 0.0254. The van der Waals surface area contributed by atoms with E-state index < -0.39 is 0 Å². The van der Waals surface area contributed by atoms with Crippen molar-refractivity contribution in [3.05, 3.63) is 29.0 Å². The number of aromatic nitrogens is 1. The number of piperidine rings is 1. The third kappa shape index (κ3) is 2.60. The second-order valence-corrected chi connectivity index (χ2v) is 6.02. The number of hydrogen-bond donors (Lipinski definition) is 1. The molecule has 2 fully saturated rings. The van der Waals surface area contributed by atoms with Gasteiger partial charge in [-0.25, -0.2) is 4.98 Å². The van der Waals surface area contributed by atoms with E-state index in [1.165, 1.54) is 12.6 Å². The van der Waals surface area contributed by atoms with Gasteiger partial charge in [0, 0.05) is 25.8 Å². The summed E-state index contributed by atoms with van der Waals surface area (Å²) in [5.41, 5.74) is 0.925.